The molecule has 1 amide bonds. The molecule has 0 aliphatic heterocycles. The van der Waals surface area contributed by atoms with Crippen molar-refractivity contribution in [2.24, 2.45) is 12.9 Å². The maximum Gasteiger partial charge on any atom is 0.242 e. The summed E-state index contributed by atoms with van der Waals surface area (Å²) in [4.78, 5) is 12.9. The summed E-state index contributed by atoms with van der Waals surface area (Å²) < 4.78 is 1.74. The summed E-state index contributed by atoms with van der Waals surface area (Å²) in [6, 6.07) is 9.63. The molecule has 0 radical (unpaired) electrons. The minimum atomic E-state index is -0.267. The third-order valence-electron chi connectivity index (χ3n) is 2.76. The Labute approximate surface area is 116 Å². The molecule has 0 aliphatic carbocycles. The molecule has 6 heteroatoms. The lowest BCUT2D eigenvalue weighted by molar-refractivity contribution is -0.122. The zero-order valence-corrected chi connectivity index (χ0v) is 11.4. The number of aromatic nitrogens is 2. The fraction of sp³-hybridized carbons (Fsp3) is 0.231. The first kappa shape index (κ1) is 13.6. The van der Waals surface area contributed by atoms with Crippen LogP contribution in [0.25, 0.3) is 0 Å². The monoisotopic (exact) mass is 276 g/mol. The Hall–Kier alpha value is -1.79. The molecule has 0 aliphatic rings. The summed E-state index contributed by atoms with van der Waals surface area (Å²) in [5, 5.41) is 4.10. The second-order valence-corrected chi connectivity index (χ2v) is 5.23. The van der Waals surface area contributed by atoms with Crippen LogP contribution in [0.2, 0.25) is 0 Å². The quantitative estimate of drug-likeness (QED) is 0.373. The second-order valence-electron chi connectivity index (χ2n) is 4.13. The number of carbonyl (C=O) groups excluding carboxylic acids is 1. The number of carbonyl (C=O) groups is 1. The number of aryl methyl sites for hydroxylation is 1. The Kier molecular flexibility index (Phi) is 4.59. The fourth-order valence-electron chi connectivity index (χ4n) is 1.76. The van der Waals surface area contributed by atoms with Crippen molar-refractivity contribution in [3.63, 3.8) is 0 Å². The summed E-state index contributed by atoms with van der Waals surface area (Å²) in [7, 11) is 1.87. The second kappa shape index (κ2) is 6.40. The van der Waals surface area contributed by atoms with Gasteiger partial charge in [0.05, 0.1) is 12.1 Å². The first-order chi connectivity index (χ1) is 9.20. The number of thioether (sulfide) groups is 1. The number of hydrazine groups is 1. The number of nitrogens with two attached hydrogens (primary N) is 1. The third kappa shape index (κ3) is 3.59. The van der Waals surface area contributed by atoms with Gasteiger partial charge in [-0.15, -0.1) is 11.8 Å². The minimum Gasteiger partial charge on any atom is -0.294 e. The SMILES string of the molecule is Cn1cc(SCC(C(=O)NN)c2ccccc2)cn1. The number of hydrogen-bond donors (Lipinski definition) is 2. The van der Waals surface area contributed by atoms with Gasteiger partial charge >= 0.3 is 0 Å². The van der Waals surface area contributed by atoms with Gasteiger partial charge < -0.3 is 0 Å². The lowest BCUT2D eigenvalue weighted by Gasteiger charge is -2.14. The van der Waals surface area contributed by atoms with E-state index in [0.717, 1.165) is 10.5 Å². The maximum absolute atomic E-state index is 11.9. The molecule has 0 saturated heterocycles. The number of amides is 1. The van der Waals surface area contributed by atoms with Gasteiger partial charge in [-0.05, 0) is 5.56 Å². The van der Waals surface area contributed by atoms with Crippen molar-refractivity contribution in [2.75, 3.05) is 5.75 Å². The lowest BCUT2D eigenvalue weighted by atomic mass is 10.0. The molecule has 1 unspecified atom stereocenters. The van der Waals surface area contributed by atoms with E-state index in [1.807, 2.05) is 43.6 Å². The highest BCUT2D eigenvalue weighted by molar-refractivity contribution is 7.99. The van der Waals surface area contributed by atoms with E-state index in [2.05, 4.69) is 10.5 Å². The van der Waals surface area contributed by atoms with E-state index >= 15 is 0 Å². The standard InChI is InChI=1S/C13H16N4OS/c1-17-8-11(7-15-17)19-9-12(13(18)16-14)10-5-3-2-4-6-10/h2-8,12H,9,14H2,1H3,(H,16,18). The molecule has 2 aromatic rings. The molecule has 0 saturated carbocycles. The first-order valence-corrected chi connectivity index (χ1v) is 6.86. The minimum absolute atomic E-state index is 0.178. The van der Waals surface area contributed by atoms with Crippen LogP contribution in [0.3, 0.4) is 0 Å². The summed E-state index contributed by atoms with van der Waals surface area (Å²) in [5.41, 5.74) is 3.19. The third-order valence-corrected chi connectivity index (χ3v) is 3.80. The zero-order chi connectivity index (χ0) is 13.7. The fourth-order valence-corrected chi connectivity index (χ4v) is 2.81. The molecule has 3 N–H and O–H groups in total. The number of nitrogens with one attached hydrogen (secondary N) is 1. The largest absolute Gasteiger partial charge is 0.294 e. The van der Waals surface area contributed by atoms with Crippen molar-refractivity contribution in [3.05, 3.63) is 48.3 Å². The average molecular weight is 276 g/mol. The molecule has 19 heavy (non-hydrogen) atoms. The summed E-state index contributed by atoms with van der Waals surface area (Å²) in [6.45, 7) is 0. The van der Waals surface area contributed by atoms with E-state index in [-0.39, 0.29) is 11.8 Å². The molecule has 1 aromatic heterocycles. The van der Waals surface area contributed by atoms with Crippen LogP contribution in [0.4, 0.5) is 0 Å². The van der Waals surface area contributed by atoms with Gasteiger partial charge in [0.1, 0.15) is 0 Å². The van der Waals surface area contributed by atoms with Crippen molar-refractivity contribution < 1.29 is 4.79 Å². The highest BCUT2D eigenvalue weighted by atomic mass is 32.2. The zero-order valence-electron chi connectivity index (χ0n) is 10.6. The summed E-state index contributed by atoms with van der Waals surface area (Å²) in [5.74, 6) is 5.44. The molecule has 1 atom stereocenters. The Morgan fingerprint density at radius 3 is 2.79 bits per heavy atom. The molecule has 1 heterocycles. The normalized spacial score (nSPS) is 12.1. The van der Waals surface area contributed by atoms with Gasteiger partial charge in [0, 0.05) is 23.9 Å². The van der Waals surface area contributed by atoms with Crippen molar-refractivity contribution in [1.82, 2.24) is 15.2 Å². The molecule has 0 fully saturated rings. The molecule has 1 aromatic carbocycles. The van der Waals surface area contributed by atoms with Crippen LogP contribution >= 0.6 is 11.8 Å². The molecule has 2 rings (SSSR count). The van der Waals surface area contributed by atoms with Crippen molar-refractivity contribution in [2.45, 2.75) is 10.8 Å². The van der Waals surface area contributed by atoms with Crippen molar-refractivity contribution >= 4 is 17.7 Å². The van der Waals surface area contributed by atoms with Crippen LogP contribution < -0.4 is 11.3 Å². The van der Waals surface area contributed by atoms with Crippen LogP contribution in [-0.2, 0) is 11.8 Å². The molecular weight excluding hydrogens is 260 g/mol. The number of benzene rings is 1. The molecule has 0 spiro atoms. The van der Waals surface area contributed by atoms with E-state index in [1.54, 1.807) is 22.6 Å². The van der Waals surface area contributed by atoms with Crippen molar-refractivity contribution in [3.8, 4) is 0 Å². The van der Waals surface area contributed by atoms with E-state index in [0.29, 0.717) is 5.75 Å². The first-order valence-electron chi connectivity index (χ1n) is 5.87. The number of hydrogen-bond acceptors (Lipinski definition) is 4. The van der Waals surface area contributed by atoms with E-state index in [9.17, 15) is 4.79 Å². The molecular formula is C13H16N4OS. The molecule has 100 valence electrons. The van der Waals surface area contributed by atoms with Gasteiger partial charge in [0.2, 0.25) is 5.91 Å². The highest BCUT2D eigenvalue weighted by Crippen LogP contribution is 2.26. The summed E-state index contributed by atoms with van der Waals surface area (Å²) >= 11 is 1.59. The van der Waals surface area contributed by atoms with Crippen molar-refractivity contribution in [1.29, 1.82) is 0 Å². The number of rotatable bonds is 5. The van der Waals surface area contributed by atoms with Crippen LogP contribution in [0.5, 0.6) is 0 Å². The highest BCUT2D eigenvalue weighted by Gasteiger charge is 2.20. The summed E-state index contributed by atoms with van der Waals surface area (Å²) in [6.07, 6.45) is 3.71. The average Bonchev–Trinajstić information content (AvgIpc) is 2.85. The van der Waals surface area contributed by atoms with Crippen LogP contribution in [0, 0.1) is 0 Å². The maximum atomic E-state index is 11.9. The van der Waals surface area contributed by atoms with Crippen LogP contribution in [0.15, 0.2) is 47.6 Å². The van der Waals surface area contributed by atoms with E-state index < -0.39 is 0 Å². The predicted molar refractivity (Wildman–Crippen MR) is 75.4 cm³/mol. The van der Waals surface area contributed by atoms with Crippen LogP contribution in [-0.4, -0.2) is 21.4 Å². The Bertz CT molecular complexity index is 541. The van der Waals surface area contributed by atoms with Gasteiger partial charge in [-0.1, -0.05) is 30.3 Å². The topological polar surface area (TPSA) is 72.9 Å². The van der Waals surface area contributed by atoms with Gasteiger partial charge in [0.25, 0.3) is 0 Å². The van der Waals surface area contributed by atoms with Gasteiger partial charge in [-0.3, -0.25) is 14.9 Å². The predicted octanol–water partition coefficient (Wildman–Crippen LogP) is 1.29. The molecule has 5 nitrogen and oxygen atoms in total. The van der Waals surface area contributed by atoms with Crippen LogP contribution in [0.1, 0.15) is 11.5 Å². The van der Waals surface area contributed by atoms with E-state index in [1.165, 1.54) is 0 Å². The Balaban J connectivity index is 2.09. The number of nitrogens with zero attached hydrogens (tertiary/aromatic N) is 2. The van der Waals surface area contributed by atoms with E-state index in [4.69, 9.17) is 5.84 Å². The smallest absolute Gasteiger partial charge is 0.242 e. The van der Waals surface area contributed by atoms with Gasteiger partial charge in [-0.2, -0.15) is 5.10 Å². The van der Waals surface area contributed by atoms with Gasteiger partial charge in [0.15, 0.2) is 0 Å². The Morgan fingerprint density at radius 1 is 1.47 bits per heavy atom. The lowest BCUT2D eigenvalue weighted by Crippen LogP contribution is -2.35. The molecule has 0 bridgehead atoms. The Morgan fingerprint density at radius 2 is 2.21 bits per heavy atom. The van der Waals surface area contributed by atoms with Gasteiger partial charge in [-0.25, -0.2) is 5.84 Å².